The molecule has 1 aromatic carbocycles. The summed E-state index contributed by atoms with van der Waals surface area (Å²) in [5, 5.41) is 12.1. The molecule has 0 bridgehead atoms. The molecule has 1 aromatic rings. The van der Waals surface area contributed by atoms with Crippen LogP contribution in [-0.4, -0.2) is 51.1 Å². The smallest absolute Gasteiger partial charge is 0.414 e. The van der Waals surface area contributed by atoms with Crippen molar-refractivity contribution in [2.24, 2.45) is 0 Å². The SMILES string of the molecule is CCCC(CNCCC#N)c1ccc2c(c1)N(C(=O)OC(C)C)C[C@H](C)N2C(=O)OC. The fourth-order valence-electron chi connectivity index (χ4n) is 3.87. The van der Waals surface area contributed by atoms with Crippen LogP contribution in [0.4, 0.5) is 21.0 Å². The van der Waals surface area contributed by atoms with Gasteiger partial charge in [-0.25, -0.2) is 9.59 Å². The highest BCUT2D eigenvalue weighted by Crippen LogP contribution is 2.39. The Morgan fingerprint density at radius 2 is 2.03 bits per heavy atom. The third kappa shape index (κ3) is 6.11. The third-order valence-electron chi connectivity index (χ3n) is 5.28. The zero-order chi connectivity index (χ0) is 23.0. The molecular weight excluding hydrogens is 396 g/mol. The van der Waals surface area contributed by atoms with Gasteiger partial charge in [-0.05, 0) is 50.8 Å². The average Bonchev–Trinajstić information content (AvgIpc) is 2.74. The Hall–Kier alpha value is -2.79. The van der Waals surface area contributed by atoms with Crippen LogP contribution in [-0.2, 0) is 9.47 Å². The average molecular weight is 431 g/mol. The van der Waals surface area contributed by atoms with Crippen molar-refractivity contribution in [3.8, 4) is 6.07 Å². The number of rotatable bonds is 8. The Kier molecular flexibility index (Phi) is 9.13. The summed E-state index contributed by atoms with van der Waals surface area (Å²) in [6.45, 7) is 9.33. The Balaban J connectivity index is 2.44. The molecule has 1 aliphatic heterocycles. The van der Waals surface area contributed by atoms with E-state index < -0.39 is 12.2 Å². The number of hydrogen-bond acceptors (Lipinski definition) is 6. The summed E-state index contributed by atoms with van der Waals surface area (Å²) >= 11 is 0. The molecular formula is C23H34N4O4. The number of methoxy groups -OCH3 is 1. The van der Waals surface area contributed by atoms with Gasteiger partial charge >= 0.3 is 12.2 Å². The number of benzene rings is 1. The topological polar surface area (TPSA) is 94.9 Å². The van der Waals surface area contributed by atoms with E-state index in [1.165, 1.54) is 7.11 Å². The zero-order valence-electron chi connectivity index (χ0n) is 19.2. The second kappa shape index (κ2) is 11.6. The van der Waals surface area contributed by atoms with Gasteiger partial charge in [-0.15, -0.1) is 0 Å². The summed E-state index contributed by atoms with van der Waals surface area (Å²) in [7, 11) is 1.35. The first kappa shape index (κ1) is 24.5. The molecule has 0 saturated heterocycles. The highest BCUT2D eigenvalue weighted by Gasteiger charge is 2.36. The molecule has 170 valence electrons. The van der Waals surface area contributed by atoms with E-state index in [2.05, 4.69) is 18.3 Å². The van der Waals surface area contributed by atoms with E-state index in [-0.39, 0.29) is 18.1 Å². The maximum absolute atomic E-state index is 12.8. The molecule has 2 atom stereocenters. The second-order valence-corrected chi connectivity index (χ2v) is 8.08. The van der Waals surface area contributed by atoms with Gasteiger partial charge in [0.05, 0.1) is 43.2 Å². The summed E-state index contributed by atoms with van der Waals surface area (Å²) in [4.78, 5) is 28.5. The Labute approximate surface area is 185 Å². The molecule has 1 N–H and O–H groups in total. The number of nitrogens with zero attached hydrogens (tertiary/aromatic N) is 3. The monoisotopic (exact) mass is 430 g/mol. The predicted octanol–water partition coefficient (Wildman–Crippen LogP) is 4.40. The summed E-state index contributed by atoms with van der Waals surface area (Å²) in [6.07, 6.45) is 1.30. The second-order valence-electron chi connectivity index (χ2n) is 8.08. The van der Waals surface area contributed by atoms with Crippen LogP contribution in [0.2, 0.25) is 0 Å². The van der Waals surface area contributed by atoms with Crippen LogP contribution < -0.4 is 15.1 Å². The van der Waals surface area contributed by atoms with Gasteiger partial charge in [-0.2, -0.15) is 5.26 Å². The quantitative estimate of drug-likeness (QED) is 0.614. The Bertz CT molecular complexity index is 805. The molecule has 8 heteroatoms. The number of nitrogens with one attached hydrogen (secondary N) is 1. The predicted molar refractivity (Wildman–Crippen MR) is 120 cm³/mol. The lowest BCUT2D eigenvalue weighted by atomic mass is 9.92. The zero-order valence-corrected chi connectivity index (χ0v) is 19.2. The van der Waals surface area contributed by atoms with Crippen LogP contribution in [0.25, 0.3) is 0 Å². The van der Waals surface area contributed by atoms with Crippen molar-refractivity contribution < 1.29 is 19.1 Å². The van der Waals surface area contributed by atoms with Crippen molar-refractivity contribution in [2.45, 2.75) is 65.0 Å². The first-order valence-electron chi connectivity index (χ1n) is 10.9. The molecule has 2 amide bonds. The van der Waals surface area contributed by atoms with Crippen molar-refractivity contribution in [3.05, 3.63) is 23.8 Å². The van der Waals surface area contributed by atoms with Crippen molar-refractivity contribution in [1.82, 2.24) is 5.32 Å². The lowest BCUT2D eigenvalue weighted by Gasteiger charge is -2.40. The van der Waals surface area contributed by atoms with Crippen molar-refractivity contribution in [3.63, 3.8) is 0 Å². The minimum absolute atomic E-state index is 0.225. The maximum Gasteiger partial charge on any atom is 0.414 e. The highest BCUT2D eigenvalue weighted by molar-refractivity contribution is 6.00. The number of carbonyl (C=O) groups excluding carboxylic acids is 2. The fraction of sp³-hybridized carbons (Fsp3) is 0.609. The molecule has 1 aliphatic rings. The van der Waals surface area contributed by atoms with Gasteiger partial charge in [-0.1, -0.05) is 19.4 Å². The summed E-state index contributed by atoms with van der Waals surface area (Å²) in [6, 6.07) is 7.75. The van der Waals surface area contributed by atoms with E-state index in [0.29, 0.717) is 30.9 Å². The molecule has 0 spiro atoms. The van der Waals surface area contributed by atoms with Crippen molar-refractivity contribution in [1.29, 1.82) is 5.26 Å². The molecule has 0 aliphatic carbocycles. The molecule has 31 heavy (non-hydrogen) atoms. The summed E-state index contributed by atoms with van der Waals surface area (Å²) in [5.74, 6) is 0.225. The number of hydrogen-bond donors (Lipinski definition) is 1. The number of amides is 2. The highest BCUT2D eigenvalue weighted by atomic mass is 16.6. The molecule has 2 rings (SSSR count). The molecule has 1 heterocycles. The standard InChI is InChI=1S/C23H34N4O4/c1-6-8-19(14-25-12-7-11-24)18-9-10-20-21(13-18)26(22(28)31-16(2)3)15-17(4)27(20)23(29)30-5/h9-10,13,16-17,19,25H,6-8,12,14-15H2,1-5H3/t17-,19?/m0/s1. The van der Waals surface area contributed by atoms with Gasteiger partial charge in [0.15, 0.2) is 0 Å². The van der Waals surface area contributed by atoms with Gasteiger partial charge in [0.25, 0.3) is 0 Å². The third-order valence-corrected chi connectivity index (χ3v) is 5.28. The van der Waals surface area contributed by atoms with Crippen molar-refractivity contribution >= 4 is 23.6 Å². The van der Waals surface area contributed by atoms with Gasteiger partial charge in [-0.3, -0.25) is 9.80 Å². The Morgan fingerprint density at radius 3 is 2.65 bits per heavy atom. The molecule has 0 aromatic heterocycles. The van der Waals surface area contributed by atoms with Crippen LogP contribution in [0.3, 0.4) is 0 Å². The number of carbonyl (C=O) groups is 2. The first-order valence-corrected chi connectivity index (χ1v) is 10.9. The van der Waals surface area contributed by atoms with Gasteiger partial charge in [0.1, 0.15) is 0 Å². The van der Waals surface area contributed by atoms with E-state index in [1.807, 2.05) is 39.0 Å². The van der Waals surface area contributed by atoms with E-state index in [1.54, 1.807) is 9.80 Å². The van der Waals surface area contributed by atoms with Gasteiger partial charge in [0.2, 0.25) is 0 Å². The summed E-state index contributed by atoms with van der Waals surface area (Å²) < 4.78 is 10.5. The lowest BCUT2D eigenvalue weighted by molar-refractivity contribution is 0.121. The van der Waals surface area contributed by atoms with E-state index in [9.17, 15) is 9.59 Å². The molecule has 0 fully saturated rings. The maximum atomic E-state index is 12.8. The lowest BCUT2D eigenvalue weighted by Crippen LogP contribution is -2.52. The van der Waals surface area contributed by atoms with Crippen LogP contribution in [0.1, 0.15) is 58.4 Å². The first-order chi connectivity index (χ1) is 14.8. The van der Waals surface area contributed by atoms with Gasteiger partial charge < -0.3 is 14.8 Å². The summed E-state index contributed by atoms with van der Waals surface area (Å²) in [5.41, 5.74) is 2.35. The van der Waals surface area contributed by atoms with E-state index in [4.69, 9.17) is 14.7 Å². The number of ether oxygens (including phenoxy) is 2. The van der Waals surface area contributed by atoms with E-state index in [0.717, 1.165) is 24.9 Å². The minimum atomic E-state index is -0.457. The molecule has 8 nitrogen and oxygen atoms in total. The Morgan fingerprint density at radius 1 is 1.29 bits per heavy atom. The number of anilines is 2. The van der Waals surface area contributed by atoms with Crippen LogP contribution in [0.15, 0.2) is 18.2 Å². The number of fused-ring (bicyclic) bond motifs is 1. The van der Waals surface area contributed by atoms with Crippen molar-refractivity contribution in [2.75, 3.05) is 36.5 Å². The normalized spacial score (nSPS) is 16.5. The molecule has 0 saturated carbocycles. The number of nitriles is 1. The fourth-order valence-corrected chi connectivity index (χ4v) is 3.87. The molecule has 1 unspecified atom stereocenters. The minimum Gasteiger partial charge on any atom is -0.452 e. The van der Waals surface area contributed by atoms with Crippen LogP contribution in [0.5, 0.6) is 0 Å². The van der Waals surface area contributed by atoms with E-state index >= 15 is 0 Å². The largest absolute Gasteiger partial charge is 0.452 e. The van der Waals surface area contributed by atoms with Gasteiger partial charge in [0, 0.05) is 19.5 Å². The van der Waals surface area contributed by atoms with Crippen LogP contribution >= 0.6 is 0 Å². The van der Waals surface area contributed by atoms with Crippen LogP contribution in [0, 0.1) is 11.3 Å². The molecule has 0 radical (unpaired) electrons.